The van der Waals surface area contributed by atoms with Crippen LogP contribution in [0.4, 0.5) is 0 Å². The van der Waals surface area contributed by atoms with E-state index in [4.69, 9.17) is 0 Å². The number of aryl methyl sites for hydroxylation is 1. The van der Waals surface area contributed by atoms with Gasteiger partial charge in [-0.2, -0.15) is 0 Å². The largest absolute Gasteiger partial charge is 0.348 e. The van der Waals surface area contributed by atoms with Gasteiger partial charge in [0, 0.05) is 25.0 Å². The minimum Gasteiger partial charge on any atom is -0.348 e. The van der Waals surface area contributed by atoms with Crippen molar-refractivity contribution in [3.8, 4) is 0 Å². The van der Waals surface area contributed by atoms with Crippen LogP contribution in [0.15, 0.2) is 42.9 Å². The fraction of sp³-hybridized carbons (Fsp3) is 0.286. The summed E-state index contributed by atoms with van der Waals surface area (Å²) in [6.07, 6.45) is 6.27. The molecule has 4 heteroatoms. The van der Waals surface area contributed by atoms with Gasteiger partial charge in [-0.05, 0) is 18.4 Å². The number of carbonyl (C=O) groups excluding carboxylic acids is 1. The number of carbonyl (C=O) groups is 1. The SMILES string of the molecule is O=CN(CCCc1cnc[nH]1)Cc1ccccc1. The normalized spacial score (nSPS) is 10.2. The van der Waals surface area contributed by atoms with E-state index in [1.54, 1.807) is 11.2 Å². The Labute approximate surface area is 107 Å². The average molecular weight is 243 g/mol. The molecule has 0 atom stereocenters. The molecule has 94 valence electrons. The first kappa shape index (κ1) is 12.4. The Morgan fingerprint density at radius 1 is 1.28 bits per heavy atom. The number of imidazole rings is 1. The summed E-state index contributed by atoms with van der Waals surface area (Å²) in [4.78, 5) is 19.8. The van der Waals surface area contributed by atoms with Gasteiger partial charge in [-0.1, -0.05) is 30.3 Å². The lowest BCUT2D eigenvalue weighted by atomic mass is 10.2. The molecule has 0 saturated carbocycles. The standard InChI is InChI=1S/C14H17N3O/c18-12-17(10-13-5-2-1-3-6-13)8-4-7-14-9-15-11-16-14/h1-3,5-6,9,11-12H,4,7-8,10H2,(H,15,16). The van der Waals surface area contributed by atoms with Crippen LogP contribution in [-0.2, 0) is 17.8 Å². The van der Waals surface area contributed by atoms with E-state index in [9.17, 15) is 4.79 Å². The minimum absolute atomic E-state index is 0.674. The summed E-state index contributed by atoms with van der Waals surface area (Å²) in [5, 5.41) is 0. The second-order valence-electron chi connectivity index (χ2n) is 4.24. The molecule has 0 spiro atoms. The summed E-state index contributed by atoms with van der Waals surface area (Å²) in [5.41, 5.74) is 2.27. The second kappa shape index (κ2) is 6.59. The maximum Gasteiger partial charge on any atom is 0.210 e. The molecule has 0 aliphatic rings. The molecule has 4 nitrogen and oxygen atoms in total. The lowest BCUT2D eigenvalue weighted by molar-refractivity contribution is -0.118. The van der Waals surface area contributed by atoms with Crippen molar-refractivity contribution >= 4 is 6.41 Å². The maximum absolute atomic E-state index is 11.0. The number of nitrogens with one attached hydrogen (secondary N) is 1. The molecule has 2 aromatic rings. The molecule has 1 heterocycles. The number of aromatic amines is 1. The predicted octanol–water partition coefficient (Wildman–Crippen LogP) is 2.00. The lowest BCUT2D eigenvalue weighted by Gasteiger charge is -2.17. The molecule has 0 aliphatic heterocycles. The van der Waals surface area contributed by atoms with Gasteiger partial charge < -0.3 is 9.88 Å². The van der Waals surface area contributed by atoms with E-state index in [0.29, 0.717) is 6.54 Å². The number of rotatable bonds is 7. The van der Waals surface area contributed by atoms with Crippen LogP contribution in [0.25, 0.3) is 0 Å². The van der Waals surface area contributed by atoms with Gasteiger partial charge in [0.05, 0.1) is 6.33 Å². The van der Waals surface area contributed by atoms with Crippen molar-refractivity contribution < 1.29 is 4.79 Å². The summed E-state index contributed by atoms with van der Waals surface area (Å²) < 4.78 is 0. The fourth-order valence-electron chi connectivity index (χ4n) is 1.88. The van der Waals surface area contributed by atoms with Crippen molar-refractivity contribution in [1.82, 2.24) is 14.9 Å². The molecule has 18 heavy (non-hydrogen) atoms. The van der Waals surface area contributed by atoms with Crippen LogP contribution in [-0.4, -0.2) is 27.8 Å². The highest BCUT2D eigenvalue weighted by Crippen LogP contribution is 2.04. The predicted molar refractivity (Wildman–Crippen MR) is 69.8 cm³/mol. The van der Waals surface area contributed by atoms with Gasteiger partial charge in [-0.25, -0.2) is 4.98 Å². The fourth-order valence-corrected chi connectivity index (χ4v) is 1.88. The molecule has 0 unspecified atom stereocenters. The molecule has 1 aromatic carbocycles. The van der Waals surface area contributed by atoms with E-state index in [2.05, 4.69) is 9.97 Å². The number of H-pyrrole nitrogens is 1. The molecule has 1 aromatic heterocycles. The lowest BCUT2D eigenvalue weighted by Crippen LogP contribution is -2.23. The third-order valence-electron chi connectivity index (χ3n) is 2.82. The molecule has 0 aliphatic carbocycles. The molecule has 1 amide bonds. The number of benzene rings is 1. The molecule has 0 saturated heterocycles. The van der Waals surface area contributed by atoms with Gasteiger partial charge in [0.2, 0.25) is 6.41 Å². The average Bonchev–Trinajstić information content (AvgIpc) is 2.92. The molecular weight excluding hydrogens is 226 g/mol. The summed E-state index contributed by atoms with van der Waals surface area (Å²) >= 11 is 0. The zero-order valence-electron chi connectivity index (χ0n) is 10.2. The van der Waals surface area contributed by atoms with Crippen LogP contribution in [0.5, 0.6) is 0 Å². The van der Waals surface area contributed by atoms with Gasteiger partial charge in [-0.3, -0.25) is 4.79 Å². The van der Waals surface area contributed by atoms with Crippen LogP contribution < -0.4 is 0 Å². The first-order chi connectivity index (χ1) is 8.88. The Hall–Kier alpha value is -2.10. The molecule has 2 rings (SSSR count). The monoisotopic (exact) mass is 243 g/mol. The zero-order valence-corrected chi connectivity index (χ0v) is 10.2. The zero-order chi connectivity index (χ0) is 12.6. The Morgan fingerprint density at radius 3 is 2.78 bits per heavy atom. The van der Waals surface area contributed by atoms with Crippen molar-refractivity contribution in [3.63, 3.8) is 0 Å². The molecule has 0 bridgehead atoms. The van der Waals surface area contributed by atoms with Gasteiger partial charge in [-0.15, -0.1) is 0 Å². The first-order valence-electron chi connectivity index (χ1n) is 6.09. The highest BCUT2D eigenvalue weighted by Gasteiger charge is 2.03. The van der Waals surface area contributed by atoms with Crippen molar-refractivity contribution in [1.29, 1.82) is 0 Å². The second-order valence-corrected chi connectivity index (χ2v) is 4.24. The summed E-state index contributed by atoms with van der Waals surface area (Å²) in [7, 11) is 0. The van der Waals surface area contributed by atoms with E-state index in [0.717, 1.165) is 37.1 Å². The van der Waals surface area contributed by atoms with Crippen LogP contribution in [0.1, 0.15) is 17.7 Å². The van der Waals surface area contributed by atoms with Crippen molar-refractivity contribution in [3.05, 3.63) is 54.1 Å². The third kappa shape index (κ3) is 3.73. The Kier molecular flexibility index (Phi) is 4.53. The summed E-state index contributed by atoms with van der Waals surface area (Å²) in [5.74, 6) is 0. The highest BCUT2D eigenvalue weighted by molar-refractivity contribution is 5.47. The third-order valence-corrected chi connectivity index (χ3v) is 2.82. The van der Waals surface area contributed by atoms with Crippen LogP contribution in [0.2, 0.25) is 0 Å². The topological polar surface area (TPSA) is 49.0 Å². The summed E-state index contributed by atoms with van der Waals surface area (Å²) in [6, 6.07) is 10.0. The number of hydrogen-bond donors (Lipinski definition) is 1. The van der Waals surface area contributed by atoms with E-state index in [1.807, 2.05) is 36.5 Å². The van der Waals surface area contributed by atoms with Crippen molar-refractivity contribution in [2.45, 2.75) is 19.4 Å². The van der Waals surface area contributed by atoms with Crippen molar-refractivity contribution in [2.24, 2.45) is 0 Å². The number of amides is 1. The maximum atomic E-state index is 11.0. The van der Waals surface area contributed by atoms with E-state index in [1.165, 1.54) is 0 Å². The van der Waals surface area contributed by atoms with Crippen LogP contribution in [0.3, 0.4) is 0 Å². The van der Waals surface area contributed by atoms with Gasteiger partial charge in [0.25, 0.3) is 0 Å². The van der Waals surface area contributed by atoms with Crippen LogP contribution in [0, 0.1) is 0 Å². The number of aromatic nitrogens is 2. The van der Waals surface area contributed by atoms with Gasteiger partial charge in [0.1, 0.15) is 0 Å². The van der Waals surface area contributed by atoms with E-state index in [-0.39, 0.29) is 0 Å². The Morgan fingerprint density at radius 2 is 2.11 bits per heavy atom. The smallest absolute Gasteiger partial charge is 0.210 e. The molecular formula is C14H17N3O. The molecule has 0 radical (unpaired) electrons. The van der Waals surface area contributed by atoms with E-state index < -0.39 is 0 Å². The first-order valence-corrected chi connectivity index (χ1v) is 6.09. The Bertz CT molecular complexity index is 453. The summed E-state index contributed by atoms with van der Waals surface area (Å²) in [6.45, 7) is 1.44. The van der Waals surface area contributed by atoms with Gasteiger partial charge >= 0.3 is 0 Å². The number of hydrogen-bond acceptors (Lipinski definition) is 2. The Balaban J connectivity index is 1.77. The molecule has 1 N–H and O–H groups in total. The number of nitrogens with zero attached hydrogens (tertiary/aromatic N) is 2. The highest BCUT2D eigenvalue weighted by atomic mass is 16.1. The molecule has 0 fully saturated rings. The van der Waals surface area contributed by atoms with E-state index >= 15 is 0 Å². The van der Waals surface area contributed by atoms with Crippen LogP contribution >= 0.6 is 0 Å². The minimum atomic E-state index is 0.674. The van der Waals surface area contributed by atoms with Gasteiger partial charge in [0.15, 0.2) is 0 Å². The quantitative estimate of drug-likeness (QED) is 0.756. The van der Waals surface area contributed by atoms with Crippen molar-refractivity contribution in [2.75, 3.05) is 6.54 Å².